The second-order valence-corrected chi connectivity index (χ2v) is 19.8. The molecule has 4 aliphatic rings. The fourth-order valence-corrected chi connectivity index (χ4v) is 9.74. The number of carboxylic acid groups (broad SMARTS) is 2. The van der Waals surface area contributed by atoms with Gasteiger partial charge in [-0.25, -0.2) is 19.2 Å². The number of piperidine rings is 2. The molecular weight excluding hydrogens is 708 g/mol. The number of rotatable bonds is 11. The Labute approximate surface area is 328 Å². The number of aliphatic hydroxyl groups excluding tert-OH is 1. The molecule has 314 valence electrons. The molecule has 4 fully saturated rings. The molecule has 3 amide bonds. The summed E-state index contributed by atoms with van der Waals surface area (Å²) in [7, 11) is 0. The van der Waals surface area contributed by atoms with Crippen molar-refractivity contribution in [3.8, 4) is 0 Å². The summed E-state index contributed by atoms with van der Waals surface area (Å²) in [5.74, 6) is -2.49. The monoisotopic (exact) mass is 779 g/mol. The number of amides is 3. The molecule has 4 saturated heterocycles. The second-order valence-electron chi connectivity index (χ2n) is 19.8. The summed E-state index contributed by atoms with van der Waals surface area (Å²) in [6.07, 6.45) is 2.15. The topological polar surface area (TPSA) is 177 Å². The number of aliphatic carboxylic acids is 2. The van der Waals surface area contributed by atoms with Crippen LogP contribution in [0.1, 0.15) is 128 Å². The molecule has 0 aromatic carbocycles. The molecule has 55 heavy (non-hydrogen) atoms. The Bertz CT molecular complexity index is 1430. The predicted molar refractivity (Wildman–Crippen MR) is 206 cm³/mol. The summed E-state index contributed by atoms with van der Waals surface area (Å²) in [6, 6.07) is -2.21. The van der Waals surface area contributed by atoms with Crippen LogP contribution in [0.4, 0.5) is 9.59 Å². The summed E-state index contributed by atoms with van der Waals surface area (Å²) in [5.41, 5.74) is -2.05. The average molecular weight is 779 g/mol. The molecular formula is C41H70N4O10. The number of aliphatic hydroxyl groups is 1. The van der Waals surface area contributed by atoms with Crippen molar-refractivity contribution in [1.82, 2.24) is 19.6 Å². The number of carbonyl (C=O) groups excluding carboxylic acids is 3. The summed E-state index contributed by atoms with van der Waals surface area (Å²) >= 11 is 0. The van der Waals surface area contributed by atoms with Crippen molar-refractivity contribution in [2.24, 2.45) is 35.0 Å². The van der Waals surface area contributed by atoms with E-state index in [2.05, 4.69) is 27.7 Å². The zero-order chi connectivity index (χ0) is 41.4. The van der Waals surface area contributed by atoms with E-state index in [9.17, 15) is 39.3 Å². The van der Waals surface area contributed by atoms with Gasteiger partial charge in [0.15, 0.2) is 0 Å². The van der Waals surface area contributed by atoms with E-state index in [1.165, 1.54) is 9.80 Å². The first-order chi connectivity index (χ1) is 25.3. The van der Waals surface area contributed by atoms with Gasteiger partial charge in [-0.1, -0.05) is 27.7 Å². The number of ether oxygens (including phenoxy) is 2. The molecule has 0 spiro atoms. The summed E-state index contributed by atoms with van der Waals surface area (Å²) in [5, 5.41) is 31.6. The highest BCUT2D eigenvalue weighted by atomic mass is 16.6. The van der Waals surface area contributed by atoms with Gasteiger partial charge >= 0.3 is 24.1 Å². The van der Waals surface area contributed by atoms with E-state index in [1.807, 2.05) is 37.5 Å². The smallest absolute Gasteiger partial charge is 0.411 e. The number of nitrogens with zero attached hydrogens (tertiary/aromatic N) is 4. The van der Waals surface area contributed by atoms with Gasteiger partial charge in [0.25, 0.3) is 0 Å². The molecule has 4 heterocycles. The first kappa shape index (κ1) is 44.6. The minimum atomic E-state index is -1.14. The van der Waals surface area contributed by atoms with E-state index in [-0.39, 0.29) is 66.5 Å². The quantitative estimate of drug-likeness (QED) is 0.228. The number of likely N-dealkylation sites (tertiary alicyclic amines) is 4. The van der Waals surface area contributed by atoms with Crippen LogP contribution in [-0.2, 0) is 23.9 Å². The van der Waals surface area contributed by atoms with Gasteiger partial charge in [0.05, 0.1) is 0 Å². The van der Waals surface area contributed by atoms with Crippen molar-refractivity contribution in [3.05, 3.63) is 0 Å². The Morgan fingerprint density at radius 2 is 1.35 bits per heavy atom. The SMILES string of the molecule is CC(CC(C)(C)OC(=O)N1CC[C@H](C(=O)N2CCCC2(C)C)C[C@@H]1C(=O)O)C(C)C(C)(C)C1CCN(C(O)[C@H]2CCN(C(=O)OC(C)(C)C)[C@H](C(=O)O)C2)C1. The van der Waals surface area contributed by atoms with Crippen LogP contribution in [-0.4, -0.2) is 133 Å². The molecule has 0 aliphatic carbocycles. The Kier molecular flexibility index (Phi) is 13.6. The largest absolute Gasteiger partial charge is 0.480 e. The van der Waals surface area contributed by atoms with Crippen molar-refractivity contribution in [2.45, 2.75) is 163 Å². The number of carbonyl (C=O) groups is 5. The average Bonchev–Trinajstić information content (AvgIpc) is 3.72. The van der Waals surface area contributed by atoms with Crippen LogP contribution in [0.25, 0.3) is 0 Å². The number of hydrogen-bond acceptors (Lipinski definition) is 9. The third-order valence-corrected chi connectivity index (χ3v) is 13.5. The highest BCUT2D eigenvalue weighted by Gasteiger charge is 2.48. The number of carboxylic acids is 2. The van der Waals surface area contributed by atoms with E-state index in [4.69, 9.17) is 9.47 Å². The Morgan fingerprint density at radius 1 is 0.782 bits per heavy atom. The molecule has 0 aromatic rings. The first-order valence-corrected chi connectivity index (χ1v) is 20.4. The van der Waals surface area contributed by atoms with Crippen LogP contribution in [0.15, 0.2) is 0 Å². The molecule has 3 N–H and O–H groups in total. The predicted octanol–water partition coefficient (Wildman–Crippen LogP) is 5.90. The van der Waals surface area contributed by atoms with Crippen molar-refractivity contribution in [3.63, 3.8) is 0 Å². The molecule has 0 radical (unpaired) electrons. The van der Waals surface area contributed by atoms with Gasteiger partial charge in [-0.15, -0.1) is 0 Å². The summed E-state index contributed by atoms with van der Waals surface area (Å²) in [4.78, 5) is 70.8. The highest BCUT2D eigenvalue weighted by molar-refractivity contribution is 5.84. The van der Waals surface area contributed by atoms with Crippen molar-refractivity contribution in [1.29, 1.82) is 0 Å². The second kappa shape index (κ2) is 16.8. The van der Waals surface area contributed by atoms with Crippen LogP contribution in [0, 0.1) is 35.0 Å². The van der Waals surface area contributed by atoms with Gasteiger partial charge in [-0.05, 0) is 123 Å². The molecule has 4 unspecified atom stereocenters. The highest BCUT2D eigenvalue weighted by Crippen LogP contribution is 2.46. The van der Waals surface area contributed by atoms with Crippen molar-refractivity contribution < 1.29 is 48.8 Å². The fourth-order valence-electron chi connectivity index (χ4n) is 9.74. The molecule has 0 aromatic heterocycles. The normalized spacial score (nSPS) is 28.4. The fraction of sp³-hybridized carbons (Fsp3) is 0.878. The van der Waals surface area contributed by atoms with Gasteiger partial charge in [-0.2, -0.15) is 0 Å². The lowest BCUT2D eigenvalue weighted by Gasteiger charge is -2.44. The third kappa shape index (κ3) is 10.4. The zero-order valence-corrected chi connectivity index (χ0v) is 35.3. The summed E-state index contributed by atoms with van der Waals surface area (Å²) < 4.78 is 11.5. The minimum absolute atomic E-state index is 0.0279. The van der Waals surface area contributed by atoms with Crippen LogP contribution in [0.5, 0.6) is 0 Å². The lowest BCUT2D eigenvalue weighted by Crippen LogP contribution is -2.55. The molecule has 4 aliphatic heterocycles. The van der Waals surface area contributed by atoms with E-state index < -0.39 is 59.6 Å². The van der Waals surface area contributed by atoms with Gasteiger partial charge < -0.3 is 29.7 Å². The molecule has 0 saturated carbocycles. The molecule has 14 nitrogen and oxygen atoms in total. The maximum absolute atomic E-state index is 13.6. The lowest BCUT2D eigenvalue weighted by atomic mass is 9.64. The van der Waals surface area contributed by atoms with Gasteiger partial charge in [0.2, 0.25) is 5.91 Å². The van der Waals surface area contributed by atoms with E-state index in [1.54, 1.807) is 20.8 Å². The lowest BCUT2D eigenvalue weighted by molar-refractivity contribution is -0.149. The third-order valence-electron chi connectivity index (χ3n) is 13.5. The Morgan fingerprint density at radius 3 is 1.89 bits per heavy atom. The van der Waals surface area contributed by atoms with Crippen LogP contribution < -0.4 is 0 Å². The Hall–Kier alpha value is -3.13. The molecule has 8 atom stereocenters. The van der Waals surface area contributed by atoms with Gasteiger partial charge in [0.1, 0.15) is 29.5 Å². The van der Waals surface area contributed by atoms with Crippen LogP contribution >= 0.6 is 0 Å². The van der Waals surface area contributed by atoms with E-state index >= 15 is 0 Å². The first-order valence-electron chi connectivity index (χ1n) is 20.4. The van der Waals surface area contributed by atoms with E-state index in [0.29, 0.717) is 38.9 Å². The molecule has 14 heteroatoms. The van der Waals surface area contributed by atoms with Crippen molar-refractivity contribution >= 4 is 30.0 Å². The maximum atomic E-state index is 13.6. The number of hydrogen-bond donors (Lipinski definition) is 3. The maximum Gasteiger partial charge on any atom is 0.411 e. The van der Waals surface area contributed by atoms with E-state index in [0.717, 1.165) is 19.3 Å². The van der Waals surface area contributed by atoms with Crippen LogP contribution in [0.3, 0.4) is 0 Å². The van der Waals surface area contributed by atoms with Crippen LogP contribution in [0.2, 0.25) is 0 Å². The zero-order valence-electron chi connectivity index (χ0n) is 35.3. The van der Waals surface area contributed by atoms with Crippen molar-refractivity contribution in [2.75, 3.05) is 32.7 Å². The minimum Gasteiger partial charge on any atom is -0.480 e. The molecule has 4 rings (SSSR count). The summed E-state index contributed by atoms with van der Waals surface area (Å²) in [6.45, 7) is 24.2. The standard InChI is InChI=1S/C41H70N4O10/c1-25(23-40(8,9)55-37(53)44-20-14-28(22-31(44)35(50)51)33(47)45-17-12-16-39(45,6)7)26(2)41(10,11)29-15-18-42(24-29)32(46)27-13-19-43(30(21-27)34(48)49)36(52)54-38(3,4)5/h25-32,46H,12-24H2,1-11H3,(H,48,49)(H,50,51)/t25?,26?,27-,28-,29?,30-,31+,32?/m0/s1. The van der Waals surface area contributed by atoms with Gasteiger partial charge in [0, 0.05) is 50.1 Å². The van der Waals surface area contributed by atoms with Gasteiger partial charge in [-0.3, -0.25) is 19.5 Å². The molecule has 0 bridgehead atoms. The Balaban J connectivity index is 1.32.